The van der Waals surface area contributed by atoms with Gasteiger partial charge in [-0.15, -0.1) is 0 Å². The van der Waals surface area contributed by atoms with E-state index in [4.69, 9.17) is 34.0 Å². The molecular formula is C20H17Cl2N7O. The van der Waals surface area contributed by atoms with Crippen molar-refractivity contribution in [3.63, 3.8) is 0 Å². The van der Waals surface area contributed by atoms with Crippen LogP contribution in [0.15, 0.2) is 47.4 Å². The predicted octanol–water partition coefficient (Wildman–Crippen LogP) is 3.42. The van der Waals surface area contributed by atoms with Gasteiger partial charge in [0, 0.05) is 12.7 Å². The van der Waals surface area contributed by atoms with Crippen LogP contribution in [0, 0.1) is 6.92 Å². The molecule has 10 heteroatoms. The number of para-hydroxylation sites is 1. The summed E-state index contributed by atoms with van der Waals surface area (Å²) in [4.78, 5) is 23.9. The third kappa shape index (κ3) is 2.83. The summed E-state index contributed by atoms with van der Waals surface area (Å²) in [5.41, 5.74) is 7.26. The summed E-state index contributed by atoms with van der Waals surface area (Å²) in [7, 11) is 0. The van der Waals surface area contributed by atoms with Crippen molar-refractivity contribution < 1.29 is 0 Å². The van der Waals surface area contributed by atoms with E-state index in [1.807, 2.05) is 35.2 Å². The first-order valence-electron chi connectivity index (χ1n) is 9.37. The number of nitrogens with two attached hydrogens (primary N) is 1. The molecule has 1 saturated heterocycles. The van der Waals surface area contributed by atoms with Crippen LogP contribution in [0.25, 0.3) is 11.2 Å². The Morgan fingerprint density at radius 3 is 2.60 bits per heavy atom. The fourth-order valence-corrected chi connectivity index (χ4v) is 4.17. The summed E-state index contributed by atoms with van der Waals surface area (Å²) >= 11 is 12.7. The van der Waals surface area contributed by atoms with Crippen LogP contribution in [-0.4, -0.2) is 30.7 Å². The van der Waals surface area contributed by atoms with Gasteiger partial charge in [-0.05, 0) is 31.5 Å². The van der Waals surface area contributed by atoms with Crippen molar-refractivity contribution in [3.05, 3.63) is 74.5 Å². The van der Waals surface area contributed by atoms with Gasteiger partial charge in [0.1, 0.15) is 10.5 Å². The van der Waals surface area contributed by atoms with E-state index < -0.39 is 0 Å². The zero-order valence-corrected chi connectivity index (χ0v) is 17.5. The summed E-state index contributed by atoms with van der Waals surface area (Å²) in [6.07, 6.45) is 2.46. The van der Waals surface area contributed by atoms with E-state index in [1.54, 1.807) is 23.8 Å². The number of hydrogen-bond donors (Lipinski definition) is 1. The molecule has 0 radical (unpaired) electrons. The fraction of sp³-hybridized carbons (Fsp3) is 0.200. The van der Waals surface area contributed by atoms with Gasteiger partial charge in [0.05, 0.1) is 22.4 Å². The van der Waals surface area contributed by atoms with Crippen molar-refractivity contribution in [1.29, 1.82) is 0 Å². The van der Waals surface area contributed by atoms with Crippen LogP contribution in [0.5, 0.6) is 0 Å². The molecule has 0 unspecified atom stereocenters. The summed E-state index contributed by atoms with van der Waals surface area (Å²) < 4.78 is 3.13. The van der Waals surface area contributed by atoms with Crippen LogP contribution in [-0.2, 0) is 0 Å². The number of hydrogen-bond acceptors (Lipinski definition) is 6. The van der Waals surface area contributed by atoms with Crippen molar-refractivity contribution in [2.45, 2.75) is 19.4 Å². The van der Waals surface area contributed by atoms with Gasteiger partial charge in [0.25, 0.3) is 5.56 Å². The largest absolute Gasteiger partial charge is 0.368 e. The number of nitrogens with zero attached hydrogens (tertiary/aromatic N) is 6. The van der Waals surface area contributed by atoms with Gasteiger partial charge in [0.2, 0.25) is 5.95 Å². The monoisotopic (exact) mass is 441 g/mol. The lowest BCUT2D eigenvalue weighted by atomic mass is 10.0. The maximum Gasteiger partial charge on any atom is 0.284 e. The molecule has 1 aliphatic heterocycles. The van der Waals surface area contributed by atoms with E-state index in [0.29, 0.717) is 45.1 Å². The van der Waals surface area contributed by atoms with Gasteiger partial charge in [0.15, 0.2) is 11.6 Å². The Kier molecular flexibility index (Phi) is 4.41. The van der Waals surface area contributed by atoms with Crippen molar-refractivity contribution >= 4 is 40.5 Å². The second kappa shape index (κ2) is 7.00. The van der Waals surface area contributed by atoms with Crippen molar-refractivity contribution in [2.24, 2.45) is 0 Å². The molecule has 5 rings (SSSR count). The molecule has 30 heavy (non-hydrogen) atoms. The first-order chi connectivity index (χ1) is 14.5. The van der Waals surface area contributed by atoms with E-state index in [1.165, 1.54) is 4.52 Å². The van der Waals surface area contributed by atoms with E-state index in [2.05, 4.69) is 9.97 Å². The molecule has 2 N–H and O–H groups in total. The first kappa shape index (κ1) is 18.9. The zero-order chi connectivity index (χ0) is 21.0. The lowest BCUT2D eigenvalue weighted by Gasteiger charge is -2.42. The number of aryl methyl sites for hydroxylation is 1. The highest BCUT2D eigenvalue weighted by molar-refractivity contribution is 6.34. The van der Waals surface area contributed by atoms with Crippen molar-refractivity contribution in [2.75, 3.05) is 17.2 Å². The minimum Gasteiger partial charge on any atom is -0.368 e. The van der Waals surface area contributed by atoms with Crippen LogP contribution < -0.4 is 16.2 Å². The summed E-state index contributed by atoms with van der Waals surface area (Å²) in [5, 5.41) is 5.54. The van der Waals surface area contributed by atoms with Gasteiger partial charge >= 0.3 is 0 Å². The average molecular weight is 442 g/mol. The summed E-state index contributed by atoms with van der Waals surface area (Å²) in [6, 6.07) is 10.8. The lowest BCUT2D eigenvalue weighted by Crippen LogP contribution is -2.45. The third-order valence-electron chi connectivity index (χ3n) is 5.28. The maximum atomic E-state index is 13.4. The van der Waals surface area contributed by atoms with E-state index in [0.717, 1.165) is 6.42 Å². The number of aromatic nitrogens is 5. The van der Waals surface area contributed by atoms with Gasteiger partial charge < -0.3 is 10.6 Å². The van der Waals surface area contributed by atoms with Gasteiger partial charge in [-0.25, -0.2) is 9.50 Å². The molecule has 1 aliphatic rings. The van der Waals surface area contributed by atoms with Crippen LogP contribution in [0.2, 0.25) is 10.0 Å². The second-order valence-electron chi connectivity index (χ2n) is 7.09. The minimum atomic E-state index is -0.238. The number of halogens is 2. The molecule has 4 aromatic rings. The Hall–Kier alpha value is -3.10. The Labute approximate surface area is 181 Å². The number of benzene rings is 1. The molecule has 1 aromatic carbocycles. The van der Waals surface area contributed by atoms with Gasteiger partial charge in [-0.2, -0.15) is 10.1 Å². The maximum absolute atomic E-state index is 13.4. The van der Waals surface area contributed by atoms with E-state index in [9.17, 15) is 4.79 Å². The fourth-order valence-electron chi connectivity index (χ4n) is 3.75. The molecule has 8 nitrogen and oxygen atoms in total. The number of anilines is 2. The molecule has 1 fully saturated rings. The van der Waals surface area contributed by atoms with E-state index in [-0.39, 0.29) is 17.5 Å². The van der Waals surface area contributed by atoms with Crippen LogP contribution >= 0.6 is 23.2 Å². The molecule has 4 heterocycles. The molecule has 0 saturated carbocycles. The lowest BCUT2D eigenvalue weighted by molar-refractivity contribution is 0.423. The highest BCUT2D eigenvalue weighted by atomic mass is 35.5. The molecule has 152 valence electrons. The number of rotatable bonds is 3. The first-order valence-corrected chi connectivity index (χ1v) is 10.1. The molecule has 3 aromatic heterocycles. The van der Waals surface area contributed by atoms with Crippen LogP contribution in [0.3, 0.4) is 0 Å². The summed E-state index contributed by atoms with van der Waals surface area (Å²) in [5.74, 6) is 1.26. The predicted molar refractivity (Wildman–Crippen MR) is 117 cm³/mol. The molecule has 0 spiro atoms. The van der Waals surface area contributed by atoms with E-state index >= 15 is 0 Å². The molecule has 0 aliphatic carbocycles. The molecule has 0 amide bonds. The highest BCUT2D eigenvalue weighted by Crippen LogP contribution is 2.40. The van der Waals surface area contributed by atoms with Crippen LogP contribution in [0.1, 0.15) is 24.0 Å². The van der Waals surface area contributed by atoms with Gasteiger partial charge in [-0.1, -0.05) is 41.4 Å². The number of fused-ring (bicyclic) bond motifs is 1. The standard InChI is InChI=1S/C20H17Cl2N7O/c1-11-15(22)18(25-20(23)24-11)27-9-8-14(27)17-26-28-10-7-13(21)16(28)19(30)29(17)12-5-3-2-4-6-12/h2-7,10,14H,8-9H2,1H3,(H2,23,24,25)/t14-/m0/s1. The smallest absolute Gasteiger partial charge is 0.284 e. The molecular weight excluding hydrogens is 425 g/mol. The Balaban J connectivity index is 1.72. The Morgan fingerprint density at radius 2 is 1.90 bits per heavy atom. The SMILES string of the molecule is Cc1nc(N)nc(N2CC[C@H]2c2nn3ccc(Cl)c3c(=O)n2-c2ccccc2)c1Cl. The summed E-state index contributed by atoms with van der Waals surface area (Å²) in [6.45, 7) is 2.49. The molecule has 1 atom stereocenters. The van der Waals surface area contributed by atoms with Gasteiger partial charge in [-0.3, -0.25) is 9.36 Å². The minimum absolute atomic E-state index is 0.151. The normalized spacial score (nSPS) is 16.1. The van der Waals surface area contributed by atoms with Crippen molar-refractivity contribution in [1.82, 2.24) is 24.1 Å². The quantitative estimate of drug-likeness (QED) is 0.523. The molecule has 0 bridgehead atoms. The Morgan fingerprint density at radius 1 is 1.13 bits per heavy atom. The zero-order valence-electron chi connectivity index (χ0n) is 16.0. The van der Waals surface area contributed by atoms with Crippen molar-refractivity contribution in [3.8, 4) is 5.69 Å². The van der Waals surface area contributed by atoms with Crippen LogP contribution in [0.4, 0.5) is 11.8 Å². The number of nitrogen functional groups attached to an aromatic ring is 1. The second-order valence-corrected chi connectivity index (χ2v) is 7.88. The average Bonchev–Trinajstić information content (AvgIpc) is 3.06. The third-order valence-corrected chi connectivity index (χ3v) is 6.03. The topological polar surface area (TPSA) is 94.3 Å². The Bertz CT molecular complexity index is 1330. The highest BCUT2D eigenvalue weighted by Gasteiger charge is 2.37.